The molecule has 2 N–H and O–H groups in total. The van der Waals surface area contributed by atoms with Crippen LogP contribution in [0.4, 0.5) is 0 Å². The van der Waals surface area contributed by atoms with Gasteiger partial charge in [-0.15, -0.1) is 12.4 Å². The van der Waals surface area contributed by atoms with Crippen molar-refractivity contribution in [3.05, 3.63) is 18.2 Å². The highest BCUT2D eigenvalue weighted by molar-refractivity contribution is 7.89. The maximum absolute atomic E-state index is 12.2. The number of sulfonamides is 1. The van der Waals surface area contributed by atoms with Crippen LogP contribution < -0.4 is 19.5 Å². The predicted molar refractivity (Wildman–Crippen MR) is 87.6 cm³/mol. The molecule has 0 aliphatic carbocycles. The van der Waals surface area contributed by atoms with Gasteiger partial charge in [0.25, 0.3) is 0 Å². The van der Waals surface area contributed by atoms with Gasteiger partial charge in [-0.1, -0.05) is 0 Å². The largest absolute Gasteiger partial charge is 0.493 e. The molecule has 1 aliphatic heterocycles. The van der Waals surface area contributed by atoms with E-state index in [0.717, 1.165) is 25.8 Å². The van der Waals surface area contributed by atoms with Crippen molar-refractivity contribution in [2.45, 2.75) is 30.2 Å². The van der Waals surface area contributed by atoms with E-state index in [1.807, 2.05) is 0 Å². The van der Waals surface area contributed by atoms with Crippen LogP contribution in [0.1, 0.15) is 19.3 Å². The summed E-state index contributed by atoms with van der Waals surface area (Å²) in [4.78, 5) is 0.180. The van der Waals surface area contributed by atoms with Crippen LogP contribution >= 0.6 is 12.4 Å². The molecular formula is C14H23ClN2O4S. The Balaban J connectivity index is 0.00000242. The third-order valence-corrected chi connectivity index (χ3v) is 5.07. The minimum absolute atomic E-state index is 0. The van der Waals surface area contributed by atoms with E-state index in [9.17, 15) is 8.42 Å². The lowest BCUT2D eigenvalue weighted by molar-refractivity contribution is 0.354. The predicted octanol–water partition coefficient (Wildman–Crippen LogP) is 1.55. The van der Waals surface area contributed by atoms with E-state index in [0.29, 0.717) is 24.1 Å². The van der Waals surface area contributed by atoms with Gasteiger partial charge in [0.15, 0.2) is 11.5 Å². The number of hydrogen-bond acceptors (Lipinski definition) is 5. The lowest BCUT2D eigenvalue weighted by Gasteiger charge is -2.13. The van der Waals surface area contributed by atoms with Crippen LogP contribution in [0.3, 0.4) is 0 Å². The van der Waals surface area contributed by atoms with Gasteiger partial charge in [0, 0.05) is 18.7 Å². The Morgan fingerprint density at radius 3 is 2.59 bits per heavy atom. The summed E-state index contributed by atoms with van der Waals surface area (Å²) in [6, 6.07) is 4.98. The van der Waals surface area contributed by atoms with Crippen molar-refractivity contribution in [1.29, 1.82) is 0 Å². The van der Waals surface area contributed by atoms with Crippen molar-refractivity contribution < 1.29 is 17.9 Å². The number of methoxy groups -OCH3 is 2. The summed E-state index contributed by atoms with van der Waals surface area (Å²) in [5, 5.41) is 3.34. The fourth-order valence-corrected chi connectivity index (χ4v) is 3.50. The number of hydrogen-bond donors (Lipinski definition) is 2. The average molecular weight is 351 g/mol. The third-order valence-electron chi connectivity index (χ3n) is 3.61. The molecule has 126 valence electrons. The van der Waals surface area contributed by atoms with Crippen LogP contribution in [0, 0.1) is 0 Å². The number of benzene rings is 1. The van der Waals surface area contributed by atoms with Crippen molar-refractivity contribution in [3.63, 3.8) is 0 Å². The molecule has 0 unspecified atom stereocenters. The first kappa shape index (κ1) is 19.0. The monoisotopic (exact) mass is 350 g/mol. The average Bonchev–Trinajstić information content (AvgIpc) is 2.99. The van der Waals surface area contributed by atoms with Crippen LogP contribution in [0.15, 0.2) is 23.1 Å². The van der Waals surface area contributed by atoms with E-state index in [1.165, 1.54) is 26.4 Å². The molecule has 0 aromatic heterocycles. The second-order valence-corrected chi connectivity index (χ2v) is 6.76. The zero-order valence-electron chi connectivity index (χ0n) is 12.8. The fourth-order valence-electron chi connectivity index (χ4n) is 2.44. The first-order valence-electron chi connectivity index (χ1n) is 7.02. The maximum atomic E-state index is 12.2. The van der Waals surface area contributed by atoms with Gasteiger partial charge in [0.1, 0.15) is 0 Å². The van der Waals surface area contributed by atoms with Crippen molar-refractivity contribution in [1.82, 2.24) is 10.0 Å². The van der Waals surface area contributed by atoms with Gasteiger partial charge >= 0.3 is 0 Å². The first-order chi connectivity index (χ1) is 10.1. The number of rotatable bonds is 7. The Labute approximate surface area is 138 Å². The van der Waals surface area contributed by atoms with Gasteiger partial charge in [-0.25, -0.2) is 13.1 Å². The second-order valence-electron chi connectivity index (χ2n) is 5.00. The smallest absolute Gasteiger partial charge is 0.240 e. The zero-order valence-corrected chi connectivity index (χ0v) is 14.4. The summed E-state index contributed by atoms with van der Waals surface area (Å²) in [5.41, 5.74) is 0. The lowest BCUT2D eigenvalue weighted by Crippen LogP contribution is -2.30. The van der Waals surface area contributed by atoms with E-state index < -0.39 is 10.0 Å². The highest BCUT2D eigenvalue weighted by atomic mass is 35.5. The second kappa shape index (κ2) is 8.57. The van der Waals surface area contributed by atoms with Crippen molar-refractivity contribution >= 4 is 22.4 Å². The molecule has 6 nitrogen and oxygen atoms in total. The fraction of sp³-hybridized carbons (Fsp3) is 0.571. The van der Waals surface area contributed by atoms with Gasteiger partial charge in [-0.3, -0.25) is 0 Å². The van der Waals surface area contributed by atoms with E-state index in [1.54, 1.807) is 6.07 Å². The number of ether oxygens (including phenoxy) is 2. The molecule has 1 aromatic carbocycles. The minimum Gasteiger partial charge on any atom is -0.493 e. The summed E-state index contributed by atoms with van der Waals surface area (Å²) in [6.07, 6.45) is 3.07. The standard InChI is InChI=1S/C14H22N2O4S.ClH/c1-19-13-6-5-12(10-14(13)20-2)21(17,18)16-9-7-11-4-3-8-15-11;/h5-6,10-11,15-16H,3-4,7-9H2,1-2H3;1H/t11-;/m1./s1. The Morgan fingerprint density at radius 2 is 2.00 bits per heavy atom. The molecule has 0 spiro atoms. The normalized spacial score (nSPS) is 17.8. The van der Waals surface area contributed by atoms with Crippen LogP contribution in [-0.4, -0.2) is 41.8 Å². The van der Waals surface area contributed by atoms with Gasteiger partial charge < -0.3 is 14.8 Å². The molecule has 0 amide bonds. The highest BCUT2D eigenvalue weighted by Gasteiger charge is 2.18. The van der Waals surface area contributed by atoms with E-state index in [2.05, 4.69) is 10.0 Å². The summed E-state index contributed by atoms with van der Waals surface area (Å²) in [6.45, 7) is 1.45. The molecule has 22 heavy (non-hydrogen) atoms. The molecular weight excluding hydrogens is 328 g/mol. The SMILES string of the molecule is COc1ccc(S(=O)(=O)NCC[C@H]2CCCN2)cc1OC.Cl. The summed E-state index contributed by atoms with van der Waals surface area (Å²) >= 11 is 0. The Hall–Kier alpha value is -1.02. The Morgan fingerprint density at radius 1 is 1.27 bits per heavy atom. The molecule has 8 heteroatoms. The highest BCUT2D eigenvalue weighted by Crippen LogP contribution is 2.29. The first-order valence-corrected chi connectivity index (χ1v) is 8.50. The molecule has 2 rings (SSSR count). The van der Waals surface area contributed by atoms with E-state index in [-0.39, 0.29) is 17.3 Å². The van der Waals surface area contributed by atoms with E-state index >= 15 is 0 Å². The molecule has 1 aliphatic rings. The van der Waals surface area contributed by atoms with Gasteiger partial charge in [0.05, 0.1) is 19.1 Å². The zero-order chi connectivity index (χ0) is 15.3. The minimum atomic E-state index is -3.52. The quantitative estimate of drug-likeness (QED) is 0.780. The van der Waals surface area contributed by atoms with Gasteiger partial charge in [0.2, 0.25) is 10.0 Å². The maximum Gasteiger partial charge on any atom is 0.240 e. The van der Waals surface area contributed by atoms with Crippen molar-refractivity contribution in [2.75, 3.05) is 27.3 Å². The third kappa shape index (κ3) is 4.74. The van der Waals surface area contributed by atoms with E-state index in [4.69, 9.17) is 9.47 Å². The van der Waals surface area contributed by atoms with Gasteiger partial charge in [-0.2, -0.15) is 0 Å². The molecule has 1 heterocycles. The molecule has 1 fully saturated rings. The molecule has 0 saturated carbocycles. The van der Waals surface area contributed by atoms with Gasteiger partial charge in [-0.05, 0) is 37.9 Å². The van der Waals surface area contributed by atoms with Crippen LogP contribution in [0.2, 0.25) is 0 Å². The molecule has 0 radical (unpaired) electrons. The molecule has 0 bridgehead atoms. The Kier molecular flexibility index (Phi) is 7.41. The number of halogens is 1. The molecule has 1 saturated heterocycles. The van der Waals surface area contributed by atoms with Crippen LogP contribution in [0.5, 0.6) is 11.5 Å². The summed E-state index contributed by atoms with van der Waals surface area (Å²) in [7, 11) is -0.531. The molecule has 1 atom stereocenters. The lowest BCUT2D eigenvalue weighted by atomic mass is 10.2. The number of nitrogens with one attached hydrogen (secondary N) is 2. The van der Waals surface area contributed by atoms with Crippen molar-refractivity contribution in [2.24, 2.45) is 0 Å². The van der Waals surface area contributed by atoms with Crippen LogP contribution in [-0.2, 0) is 10.0 Å². The summed E-state index contributed by atoms with van der Waals surface area (Å²) in [5.74, 6) is 0.907. The molecule has 1 aromatic rings. The van der Waals surface area contributed by atoms with Crippen LogP contribution in [0.25, 0.3) is 0 Å². The Bertz CT molecular complexity index is 574. The topological polar surface area (TPSA) is 76.7 Å². The van der Waals surface area contributed by atoms with Crippen molar-refractivity contribution in [3.8, 4) is 11.5 Å². The summed E-state index contributed by atoms with van der Waals surface area (Å²) < 4.78 is 37.4.